The third kappa shape index (κ3) is 4.48. The van der Waals surface area contributed by atoms with Crippen molar-refractivity contribution in [2.75, 3.05) is 0 Å². The van der Waals surface area contributed by atoms with Gasteiger partial charge in [0, 0.05) is 34.6 Å². The van der Waals surface area contributed by atoms with Crippen molar-refractivity contribution >= 4 is 33.2 Å². The van der Waals surface area contributed by atoms with Crippen LogP contribution in [0, 0.1) is 13.8 Å². The van der Waals surface area contributed by atoms with E-state index in [0.29, 0.717) is 11.3 Å². The number of pyridine rings is 1. The maximum Gasteiger partial charge on any atom is 0.246 e. The highest BCUT2D eigenvalue weighted by atomic mass is 16.3. The molecule has 0 amide bonds. The summed E-state index contributed by atoms with van der Waals surface area (Å²) >= 11 is 0. The fraction of sp³-hybridized carbons (Fsp3) is 0.150. The zero-order valence-electron chi connectivity index (χ0n) is 26.5. The van der Waals surface area contributed by atoms with Gasteiger partial charge in [-0.2, -0.15) is 0 Å². The first-order valence-corrected chi connectivity index (χ1v) is 15.6. The van der Waals surface area contributed by atoms with Crippen LogP contribution in [0.5, 0.6) is 0 Å². The molecule has 8 aromatic rings. The molecule has 4 heterocycles. The van der Waals surface area contributed by atoms with Crippen LogP contribution in [0.4, 0.5) is 0 Å². The minimum atomic E-state index is -0.0835. The lowest BCUT2D eigenvalue weighted by Crippen LogP contribution is -2.13. The molecule has 0 aliphatic carbocycles. The van der Waals surface area contributed by atoms with Gasteiger partial charge in [0.15, 0.2) is 0 Å². The molecule has 0 radical (unpaired) electrons. The molecule has 0 fully saturated rings. The van der Waals surface area contributed by atoms with E-state index in [1.807, 2.05) is 19.1 Å². The highest BCUT2D eigenvalue weighted by molar-refractivity contribution is 6.07. The van der Waals surface area contributed by atoms with E-state index in [1.165, 1.54) is 5.56 Å². The number of hydrogen-bond donors (Lipinski definition) is 0. The summed E-state index contributed by atoms with van der Waals surface area (Å²) in [5.74, 6) is 0.771. The minimum Gasteiger partial charge on any atom is -0.435 e. The van der Waals surface area contributed by atoms with E-state index in [4.69, 9.17) is 14.4 Å². The Bertz CT molecular complexity index is 2350. The number of rotatable bonds is 4. The van der Waals surface area contributed by atoms with E-state index >= 15 is 0 Å². The van der Waals surface area contributed by atoms with Gasteiger partial charge in [-0.3, -0.25) is 9.55 Å². The standard InChI is InChI=1S/C40H33N5O/c1-24-21-33-35(25(2)43-24)45(38(44-33)30-18-12-17-29-34-39(46-37(29)30)42-20-19-41-34)36-31(26-13-8-6-9-14-26)22-28(40(3,4)5)23-32(36)27-15-10-7-11-16-27/h6-23H,1-5H3. The van der Waals surface area contributed by atoms with E-state index in [9.17, 15) is 0 Å². The molecule has 46 heavy (non-hydrogen) atoms. The van der Waals surface area contributed by atoms with Gasteiger partial charge in [0.2, 0.25) is 5.71 Å². The Labute approximate surface area is 267 Å². The van der Waals surface area contributed by atoms with Crippen LogP contribution in [0.2, 0.25) is 0 Å². The molecule has 0 unspecified atom stereocenters. The number of aryl methyl sites for hydroxylation is 2. The molecule has 0 spiro atoms. The first-order chi connectivity index (χ1) is 22.3. The molecule has 4 aromatic heterocycles. The molecule has 0 saturated heterocycles. The molecule has 4 aromatic carbocycles. The molecule has 0 aliphatic rings. The predicted octanol–water partition coefficient (Wildman–Crippen LogP) is 10.0. The fourth-order valence-corrected chi connectivity index (χ4v) is 6.51. The quantitative estimate of drug-likeness (QED) is 0.201. The zero-order chi connectivity index (χ0) is 31.6. The minimum absolute atomic E-state index is 0.0835. The normalized spacial score (nSPS) is 12.0. The number of aromatic nitrogens is 5. The van der Waals surface area contributed by atoms with Crippen LogP contribution in [-0.4, -0.2) is 24.5 Å². The Morgan fingerprint density at radius 2 is 1.33 bits per heavy atom. The van der Waals surface area contributed by atoms with E-state index in [0.717, 1.165) is 72.7 Å². The van der Waals surface area contributed by atoms with E-state index in [2.05, 4.69) is 127 Å². The summed E-state index contributed by atoms with van der Waals surface area (Å²) in [6, 6.07) is 34.2. The highest BCUT2D eigenvalue weighted by Gasteiger charge is 2.27. The Balaban J connectivity index is 1.58. The summed E-state index contributed by atoms with van der Waals surface area (Å²) < 4.78 is 8.73. The van der Waals surface area contributed by atoms with Crippen molar-refractivity contribution in [3.63, 3.8) is 0 Å². The summed E-state index contributed by atoms with van der Waals surface area (Å²) in [7, 11) is 0. The molecule has 8 rings (SSSR count). The van der Waals surface area contributed by atoms with Crippen molar-refractivity contribution in [3.8, 4) is 39.3 Å². The van der Waals surface area contributed by atoms with Crippen LogP contribution in [0.3, 0.4) is 0 Å². The van der Waals surface area contributed by atoms with Crippen LogP contribution in [0.15, 0.2) is 114 Å². The van der Waals surface area contributed by atoms with Crippen LogP contribution in [0.25, 0.3) is 72.6 Å². The highest BCUT2D eigenvalue weighted by Crippen LogP contribution is 2.44. The Hall–Kier alpha value is -5.62. The third-order valence-corrected chi connectivity index (χ3v) is 8.68. The maximum atomic E-state index is 6.43. The lowest BCUT2D eigenvalue weighted by molar-refractivity contribution is 0.590. The first kappa shape index (κ1) is 27.9. The number of hydrogen-bond acceptors (Lipinski definition) is 5. The van der Waals surface area contributed by atoms with Gasteiger partial charge >= 0.3 is 0 Å². The Kier molecular flexibility index (Phi) is 6.36. The van der Waals surface area contributed by atoms with E-state index < -0.39 is 0 Å². The second-order valence-electron chi connectivity index (χ2n) is 12.9. The van der Waals surface area contributed by atoms with Crippen molar-refractivity contribution in [2.45, 2.75) is 40.0 Å². The van der Waals surface area contributed by atoms with E-state index in [1.54, 1.807) is 12.4 Å². The van der Waals surface area contributed by atoms with Crippen molar-refractivity contribution in [1.82, 2.24) is 24.5 Å². The average Bonchev–Trinajstić information content (AvgIpc) is 3.63. The van der Waals surface area contributed by atoms with Crippen LogP contribution in [-0.2, 0) is 5.41 Å². The smallest absolute Gasteiger partial charge is 0.246 e. The molecule has 0 atom stereocenters. The summed E-state index contributed by atoms with van der Waals surface area (Å²) in [5.41, 5.74) is 13.2. The largest absolute Gasteiger partial charge is 0.435 e. The van der Waals surface area contributed by atoms with Gasteiger partial charge in [-0.25, -0.2) is 15.0 Å². The average molecular weight is 600 g/mol. The maximum absolute atomic E-state index is 6.43. The first-order valence-electron chi connectivity index (χ1n) is 15.6. The topological polar surface area (TPSA) is 69.6 Å². The molecule has 0 bridgehead atoms. The van der Waals surface area contributed by atoms with Crippen LogP contribution >= 0.6 is 0 Å². The summed E-state index contributed by atoms with van der Waals surface area (Å²) in [6.45, 7) is 10.9. The lowest BCUT2D eigenvalue weighted by atomic mass is 9.82. The Morgan fingerprint density at radius 3 is 1.98 bits per heavy atom. The molecule has 0 aliphatic heterocycles. The van der Waals surface area contributed by atoms with Crippen molar-refractivity contribution in [2.24, 2.45) is 0 Å². The predicted molar refractivity (Wildman–Crippen MR) is 186 cm³/mol. The monoisotopic (exact) mass is 599 g/mol. The lowest BCUT2D eigenvalue weighted by Gasteiger charge is -2.26. The van der Waals surface area contributed by atoms with Crippen LogP contribution < -0.4 is 0 Å². The molecule has 0 saturated carbocycles. The van der Waals surface area contributed by atoms with Gasteiger partial charge in [0.05, 0.1) is 28.0 Å². The molecule has 6 heteroatoms. The van der Waals surface area contributed by atoms with Gasteiger partial charge in [0.25, 0.3) is 0 Å². The SMILES string of the molecule is Cc1cc2nc(-c3cccc4c3oc3nccnc34)n(-c3c(-c4ccccc4)cc(C(C)(C)C)cc3-c3ccccc3)c2c(C)n1. The molecule has 6 nitrogen and oxygen atoms in total. The number of benzene rings is 4. The van der Waals surface area contributed by atoms with Gasteiger partial charge in [-0.05, 0) is 66.3 Å². The van der Waals surface area contributed by atoms with E-state index in [-0.39, 0.29) is 5.41 Å². The number of imidazole rings is 1. The van der Waals surface area contributed by atoms with Crippen molar-refractivity contribution in [1.29, 1.82) is 0 Å². The van der Waals surface area contributed by atoms with Gasteiger partial charge in [0.1, 0.15) is 16.9 Å². The summed E-state index contributed by atoms with van der Waals surface area (Å²) in [6.07, 6.45) is 3.36. The number of fused-ring (bicyclic) bond motifs is 4. The Morgan fingerprint density at radius 1 is 0.674 bits per heavy atom. The number of furan rings is 1. The number of nitrogens with zero attached hydrogens (tertiary/aromatic N) is 5. The summed E-state index contributed by atoms with van der Waals surface area (Å²) in [5, 5.41) is 0.903. The zero-order valence-corrected chi connectivity index (χ0v) is 26.5. The van der Waals surface area contributed by atoms with Gasteiger partial charge in [-0.15, -0.1) is 0 Å². The summed E-state index contributed by atoms with van der Waals surface area (Å²) in [4.78, 5) is 19.4. The molecule has 224 valence electrons. The third-order valence-electron chi connectivity index (χ3n) is 8.68. The van der Waals surface area contributed by atoms with Gasteiger partial charge < -0.3 is 4.42 Å². The second-order valence-corrected chi connectivity index (χ2v) is 12.9. The molecular formula is C40H33N5O. The molecular weight excluding hydrogens is 566 g/mol. The van der Waals surface area contributed by atoms with Crippen molar-refractivity contribution in [3.05, 3.63) is 126 Å². The number of para-hydroxylation sites is 1. The fourth-order valence-electron chi connectivity index (χ4n) is 6.51. The van der Waals surface area contributed by atoms with Crippen LogP contribution in [0.1, 0.15) is 37.7 Å². The van der Waals surface area contributed by atoms with Gasteiger partial charge in [-0.1, -0.05) is 87.5 Å². The molecule has 0 N–H and O–H groups in total. The second kappa shape index (κ2) is 10.5. The van der Waals surface area contributed by atoms with Crippen molar-refractivity contribution < 1.29 is 4.42 Å².